The first-order valence-electron chi connectivity index (χ1n) is 10.4. The minimum absolute atomic E-state index is 0.157. The van der Waals surface area contributed by atoms with Gasteiger partial charge in [-0.05, 0) is 25.1 Å². The Hall–Kier alpha value is -3.81. The molecule has 4 rings (SSSR count). The van der Waals surface area contributed by atoms with Crippen molar-refractivity contribution in [3.63, 3.8) is 0 Å². The lowest BCUT2D eigenvalue weighted by molar-refractivity contribution is -0.126. The van der Waals surface area contributed by atoms with E-state index in [-0.39, 0.29) is 37.4 Å². The smallest absolute Gasteiger partial charge is 0.322 e. The van der Waals surface area contributed by atoms with Crippen LogP contribution in [0.5, 0.6) is 5.75 Å². The molecule has 2 aliphatic heterocycles. The second-order valence-electron chi connectivity index (χ2n) is 7.93. The van der Waals surface area contributed by atoms with Crippen LogP contribution < -0.4 is 15.4 Å². The molecular weight excluding hydrogens is 408 g/mol. The molecule has 2 aliphatic rings. The Bertz CT molecular complexity index is 1090. The molecule has 2 aromatic carbocycles. The Labute approximate surface area is 186 Å². The summed E-state index contributed by atoms with van der Waals surface area (Å²) < 4.78 is 5.45. The number of benzene rings is 2. The molecule has 0 fully saturated rings. The van der Waals surface area contributed by atoms with Gasteiger partial charge in [-0.2, -0.15) is 0 Å². The molecule has 0 unspecified atom stereocenters. The Morgan fingerprint density at radius 2 is 1.88 bits per heavy atom. The van der Waals surface area contributed by atoms with E-state index in [1.807, 2.05) is 49.4 Å². The van der Waals surface area contributed by atoms with E-state index in [4.69, 9.17) is 4.74 Å². The van der Waals surface area contributed by atoms with Crippen LogP contribution in [-0.2, 0) is 9.59 Å². The van der Waals surface area contributed by atoms with Crippen LogP contribution >= 0.6 is 0 Å². The fraction of sp³-hybridized carbons (Fsp3) is 0.292. The number of nitrogens with one attached hydrogen (secondary N) is 2. The van der Waals surface area contributed by atoms with Crippen molar-refractivity contribution in [2.75, 3.05) is 32.6 Å². The van der Waals surface area contributed by atoms with Gasteiger partial charge in [0.05, 0.1) is 31.0 Å². The Kier molecular flexibility index (Phi) is 5.85. The molecule has 4 amide bonds. The summed E-state index contributed by atoms with van der Waals surface area (Å²) in [6.07, 6.45) is 0.157. The van der Waals surface area contributed by atoms with E-state index in [2.05, 4.69) is 10.6 Å². The molecule has 1 atom stereocenters. The fourth-order valence-corrected chi connectivity index (χ4v) is 4.04. The zero-order chi connectivity index (χ0) is 22.8. The molecular formula is C24H26N4O4. The third-order valence-electron chi connectivity index (χ3n) is 5.83. The van der Waals surface area contributed by atoms with Crippen LogP contribution in [0.25, 0.3) is 0 Å². The lowest BCUT2D eigenvalue weighted by Crippen LogP contribution is -2.45. The Morgan fingerprint density at radius 3 is 2.59 bits per heavy atom. The Morgan fingerprint density at radius 1 is 1.16 bits per heavy atom. The maximum atomic E-state index is 13.3. The van der Waals surface area contributed by atoms with Crippen LogP contribution in [0.1, 0.15) is 23.6 Å². The van der Waals surface area contributed by atoms with Crippen LogP contribution in [0, 0.1) is 6.92 Å². The van der Waals surface area contributed by atoms with Crippen molar-refractivity contribution in [1.29, 1.82) is 0 Å². The molecule has 0 saturated heterocycles. The van der Waals surface area contributed by atoms with Crippen molar-refractivity contribution in [3.8, 4) is 5.75 Å². The lowest BCUT2D eigenvalue weighted by Gasteiger charge is -2.31. The number of carbonyl (C=O) groups is 3. The Balaban J connectivity index is 1.49. The molecule has 8 heteroatoms. The van der Waals surface area contributed by atoms with Crippen LogP contribution in [0.4, 0.5) is 10.5 Å². The topological polar surface area (TPSA) is 91.0 Å². The number of hydrogen-bond donors (Lipinski definition) is 2. The van der Waals surface area contributed by atoms with Crippen molar-refractivity contribution in [1.82, 2.24) is 15.1 Å². The van der Waals surface area contributed by atoms with Gasteiger partial charge in [0.1, 0.15) is 5.75 Å². The van der Waals surface area contributed by atoms with Gasteiger partial charge >= 0.3 is 6.03 Å². The third kappa shape index (κ3) is 4.03. The summed E-state index contributed by atoms with van der Waals surface area (Å²) in [4.78, 5) is 41.4. The SMILES string of the molecule is COc1ccccc1[C@@H]1NC(=O)N(C)C2=C1C(=O)N(CCC(=O)Nc1ccc(C)cc1)C2. The number of aryl methyl sites for hydroxylation is 1. The summed E-state index contributed by atoms with van der Waals surface area (Å²) in [5.41, 5.74) is 3.70. The number of rotatable bonds is 6. The van der Waals surface area contributed by atoms with Crippen molar-refractivity contribution < 1.29 is 19.1 Å². The molecule has 0 aliphatic carbocycles. The van der Waals surface area contributed by atoms with Crippen LogP contribution in [-0.4, -0.2) is 54.9 Å². The number of amides is 4. The van der Waals surface area contributed by atoms with Gasteiger partial charge in [-0.1, -0.05) is 35.9 Å². The number of anilines is 1. The second kappa shape index (κ2) is 8.74. The highest BCUT2D eigenvalue weighted by atomic mass is 16.5. The quantitative estimate of drug-likeness (QED) is 0.732. The zero-order valence-electron chi connectivity index (χ0n) is 18.3. The fourth-order valence-electron chi connectivity index (χ4n) is 4.04. The summed E-state index contributed by atoms with van der Waals surface area (Å²) in [6, 6.07) is 14.0. The standard InChI is InChI=1S/C24H26N4O4/c1-15-8-10-16(11-9-15)25-20(29)12-13-28-14-18-21(23(28)30)22(26-24(31)27(18)2)17-6-4-5-7-19(17)32-3/h4-11,22H,12-14H2,1-3H3,(H,25,29)(H,26,31)/t22-/m0/s1. The second-order valence-corrected chi connectivity index (χ2v) is 7.93. The van der Waals surface area contributed by atoms with Gasteiger partial charge in [0.15, 0.2) is 0 Å². The minimum atomic E-state index is -0.608. The van der Waals surface area contributed by atoms with E-state index in [1.54, 1.807) is 25.1 Å². The van der Waals surface area contributed by atoms with Crippen molar-refractivity contribution >= 4 is 23.5 Å². The van der Waals surface area contributed by atoms with Crippen molar-refractivity contribution in [3.05, 3.63) is 70.9 Å². The molecule has 0 spiro atoms. The number of ether oxygens (including phenoxy) is 1. The molecule has 2 heterocycles. The van der Waals surface area contributed by atoms with E-state index in [1.165, 1.54) is 4.90 Å². The van der Waals surface area contributed by atoms with E-state index >= 15 is 0 Å². The first kappa shape index (κ1) is 21.4. The van der Waals surface area contributed by atoms with Gasteiger partial charge in [-0.15, -0.1) is 0 Å². The van der Waals surface area contributed by atoms with Gasteiger partial charge in [-0.25, -0.2) is 4.79 Å². The van der Waals surface area contributed by atoms with Crippen LogP contribution in [0.15, 0.2) is 59.8 Å². The van der Waals surface area contributed by atoms with E-state index in [0.717, 1.165) is 16.8 Å². The number of urea groups is 1. The number of carbonyl (C=O) groups excluding carboxylic acids is 3. The first-order chi connectivity index (χ1) is 15.4. The van der Waals surface area contributed by atoms with E-state index < -0.39 is 6.04 Å². The largest absolute Gasteiger partial charge is 0.496 e. The molecule has 32 heavy (non-hydrogen) atoms. The molecule has 0 bridgehead atoms. The summed E-state index contributed by atoms with van der Waals surface area (Å²) >= 11 is 0. The van der Waals surface area contributed by atoms with E-state index in [0.29, 0.717) is 17.0 Å². The highest BCUT2D eigenvalue weighted by Gasteiger charge is 2.43. The molecule has 0 saturated carbocycles. The molecule has 2 N–H and O–H groups in total. The number of likely N-dealkylation sites (N-methyl/N-ethyl adjacent to an activating group) is 1. The predicted molar refractivity (Wildman–Crippen MR) is 120 cm³/mol. The normalized spacial score (nSPS) is 17.9. The van der Waals surface area contributed by atoms with Crippen LogP contribution in [0.3, 0.4) is 0 Å². The van der Waals surface area contributed by atoms with Crippen molar-refractivity contribution in [2.45, 2.75) is 19.4 Å². The van der Waals surface area contributed by atoms with Gasteiger partial charge in [0.2, 0.25) is 5.91 Å². The average Bonchev–Trinajstić information content (AvgIpc) is 3.13. The van der Waals surface area contributed by atoms with E-state index in [9.17, 15) is 14.4 Å². The number of para-hydroxylation sites is 1. The number of nitrogens with zero attached hydrogens (tertiary/aromatic N) is 2. The summed E-state index contributed by atoms with van der Waals surface area (Å²) in [5.74, 6) is 0.235. The summed E-state index contributed by atoms with van der Waals surface area (Å²) in [6.45, 7) is 2.51. The summed E-state index contributed by atoms with van der Waals surface area (Å²) in [7, 11) is 3.20. The molecule has 0 radical (unpaired) electrons. The molecule has 2 aromatic rings. The average molecular weight is 434 g/mol. The highest BCUT2D eigenvalue weighted by molar-refractivity contribution is 6.02. The lowest BCUT2D eigenvalue weighted by atomic mass is 9.95. The molecule has 166 valence electrons. The van der Waals surface area contributed by atoms with Crippen LogP contribution in [0.2, 0.25) is 0 Å². The monoisotopic (exact) mass is 434 g/mol. The first-order valence-corrected chi connectivity index (χ1v) is 10.4. The molecule has 0 aromatic heterocycles. The maximum absolute atomic E-state index is 13.3. The predicted octanol–water partition coefficient (Wildman–Crippen LogP) is 2.82. The zero-order valence-corrected chi connectivity index (χ0v) is 18.3. The highest BCUT2D eigenvalue weighted by Crippen LogP contribution is 2.38. The van der Waals surface area contributed by atoms with Gasteiger partial charge < -0.3 is 20.3 Å². The number of hydrogen-bond acceptors (Lipinski definition) is 4. The van der Waals surface area contributed by atoms with Gasteiger partial charge in [0, 0.05) is 31.3 Å². The van der Waals surface area contributed by atoms with Gasteiger partial charge in [-0.3, -0.25) is 14.5 Å². The number of methoxy groups -OCH3 is 1. The van der Waals surface area contributed by atoms with Crippen molar-refractivity contribution in [2.24, 2.45) is 0 Å². The molecule has 8 nitrogen and oxygen atoms in total. The maximum Gasteiger partial charge on any atom is 0.322 e. The summed E-state index contributed by atoms with van der Waals surface area (Å²) in [5, 5.41) is 5.76. The third-order valence-corrected chi connectivity index (χ3v) is 5.83. The van der Waals surface area contributed by atoms with Gasteiger partial charge in [0.25, 0.3) is 5.91 Å². The minimum Gasteiger partial charge on any atom is -0.496 e.